The maximum atomic E-state index is 13.0. The highest BCUT2D eigenvalue weighted by atomic mass is 32.1. The second-order valence-electron chi connectivity index (χ2n) is 7.15. The molecule has 3 heterocycles. The maximum absolute atomic E-state index is 13.0. The molecule has 0 atom stereocenters. The van der Waals surface area contributed by atoms with E-state index in [0.29, 0.717) is 38.0 Å². The van der Waals surface area contributed by atoms with E-state index >= 15 is 0 Å². The van der Waals surface area contributed by atoms with Crippen molar-refractivity contribution in [2.45, 2.75) is 19.4 Å². The van der Waals surface area contributed by atoms with Crippen LogP contribution >= 0.6 is 11.3 Å². The van der Waals surface area contributed by atoms with E-state index in [1.165, 1.54) is 35.6 Å². The minimum Gasteiger partial charge on any atom is -0.349 e. The number of rotatable bonds is 5. The fourth-order valence-electron chi connectivity index (χ4n) is 3.47. The highest BCUT2D eigenvalue weighted by Gasteiger charge is 2.27. The molecular formula is C22H21FN4O2S. The fourth-order valence-corrected chi connectivity index (χ4v) is 4.22. The molecule has 6 nitrogen and oxygen atoms in total. The number of carbonyl (C=O) groups is 2. The lowest BCUT2D eigenvalue weighted by Gasteiger charge is -2.31. The molecule has 1 N–H and O–H groups in total. The highest BCUT2D eigenvalue weighted by Crippen LogP contribution is 2.22. The number of thiazole rings is 1. The van der Waals surface area contributed by atoms with Crippen molar-refractivity contribution in [3.05, 3.63) is 70.6 Å². The number of amides is 2. The number of pyridine rings is 1. The molecule has 8 heteroatoms. The Morgan fingerprint density at radius 2 is 1.80 bits per heavy atom. The van der Waals surface area contributed by atoms with Gasteiger partial charge in [-0.25, -0.2) is 9.37 Å². The van der Waals surface area contributed by atoms with Gasteiger partial charge >= 0.3 is 0 Å². The van der Waals surface area contributed by atoms with Crippen molar-refractivity contribution in [1.82, 2.24) is 20.2 Å². The Morgan fingerprint density at radius 1 is 1.10 bits per heavy atom. The Labute approximate surface area is 177 Å². The van der Waals surface area contributed by atoms with E-state index < -0.39 is 0 Å². The molecule has 4 rings (SSSR count). The lowest BCUT2D eigenvalue weighted by Crippen LogP contribution is -2.42. The van der Waals surface area contributed by atoms with Crippen LogP contribution in [0.3, 0.4) is 0 Å². The Balaban J connectivity index is 1.26. The van der Waals surface area contributed by atoms with Crippen molar-refractivity contribution < 1.29 is 14.0 Å². The zero-order chi connectivity index (χ0) is 20.9. The van der Waals surface area contributed by atoms with Crippen LogP contribution in [-0.2, 0) is 11.3 Å². The molecule has 1 aromatic carbocycles. The van der Waals surface area contributed by atoms with Gasteiger partial charge in [0.25, 0.3) is 5.91 Å². The van der Waals surface area contributed by atoms with Gasteiger partial charge in [0.15, 0.2) is 0 Å². The zero-order valence-electron chi connectivity index (χ0n) is 16.3. The summed E-state index contributed by atoms with van der Waals surface area (Å²) in [5.41, 5.74) is 2.34. The van der Waals surface area contributed by atoms with Gasteiger partial charge in [0.05, 0.1) is 12.2 Å². The number of likely N-dealkylation sites (tertiary alicyclic amines) is 1. The number of halogens is 1. The maximum Gasteiger partial charge on any atom is 0.253 e. The Kier molecular flexibility index (Phi) is 6.13. The number of benzene rings is 1. The average Bonchev–Trinajstić information content (AvgIpc) is 3.27. The largest absolute Gasteiger partial charge is 0.349 e. The van der Waals surface area contributed by atoms with E-state index in [-0.39, 0.29) is 23.5 Å². The molecular weight excluding hydrogens is 403 g/mol. The molecule has 0 saturated carbocycles. The molecule has 2 aromatic heterocycles. The van der Waals surface area contributed by atoms with Gasteiger partial charge in [-0.3, -0.25) is 14.6 Å². The SMILES string of the molecule is O=C(NCc1nc(-c2ccncc2)cs1)C1CCN(C(=O)c2ccc(F)cc2)CC1. The average molecular weight is 425 g/mol. The summed E-state index contributed by atoms with van der Waals surface area (Å²) < 4.78 is 13.0. The number of carbonyl (C=O) groups excluding carboxylic acids is 2. The van der Waals surface area contributed by atoms with E-state index in [1.807, 2.05) is 17.5 Å². The van der Waals surface area contributed by atoms with Crippen molar-refractivity contribution in [2.75, 3.05) is 13.1 Å². The predicted octanol–water partition coefficient (Wildman–Crippen LogP) is 3.51. The topological polar surface area (TPSA) is 75.2 Å². The third-order valence-corrected chi connectivity index (χ3v) is 6.03. The summed E-state index contributed by atoms with van der Waals surface area (Å²) in [4.78, 5) is 35.3. The van der Waals surface area contributed by atoms with Gasteiger partial charge in [-0.15, -0.1) is 11.3 Å². The number of hydrogen-bond donors (Lipinski definition) is 1. The van der Waals surface area contributed by atoms with Crippen molar-refractivity contribution in [3.63, 3.8) is 0 Å². The Bertz CT molecular complexity index is 1020. The second kappa shape index (κ2) is 9.13. The molecule has 1 saturated heterocycles. The molecule has 3 aromatic rings. The summed E-state index contributed by atoms with van der Waals surface area (Å²) in [5, 5.41) is 5.78. The van der Waals surface area contributed by atoms with Gasteiger partial charge in [0.2, 0.25) is 5.91 Å². The summed E-state index contributed by atoms with van der Waals surface area (Å²) >= 11 is 1.51. The number of hydrogen-bond acceptors (Lipinski definition) is 5. The van der Waals surface area contributed by atoms with E-state index in [4.69, 9.17) is 0 Å². The summed E-state index contributed by atoms with van der Waals surface area (Å²) in [7, 11) is 0. The van der Waals surface area contributed by atoms with Gasteiger partial charge in [-0.1, -0.05) is 0 Å². The van der Waals surface area contributed by atoms with Crippen LogP contribution in [0.25, 0.3) is 11.3 Å². The van der Waals surface area contributed by atoms with Gasteiger partial charge in [-0.05, 0) is 49.2 Å². The van der Waals surface area contributed by atoms with Crippen LogP contribution in [0.2, 0.25) is 0 Å². The summed E-state index contributed by atoms with van der Waals surface area (Å²) in [6.45, 7) is 1.42. The Morgan fingerprint density at radius 3 is 2.50 bits per heavy atom. The normalized spacial score (nSPS) is 14.5. The number of piperidine rings is 1. The number of nitrogens with one attached hydrogen (secondary N) is 1. The molecule has 154 valence electrons. The van der Waals surface area contributed by atoms with Crippen molar-refractivity contribution in [1.29, 1.82) is 0 Å². The molecule has 1 aliphatic heterocycles. The number of aromatic nitrogens is 2. The van der Waals surface area contributed by atoms with Gasteiger partial charge in [0, 0.05) is 47.9 Å². The summed E-state index contributed by atoms with van der Waals surface area (Å²) in [6.07, 6.45) is 4.67. The second-order valence-corrected chi connectivity index (χ2v) is 8.10. The van der Waals surface area contributed by atoms with Crippen LogP contribution in [0.5, 0.6) is 0 Å². The highest BCUT2D eigenvalue weighted by molar-refractivity contribution is 7.09. The third-order valence-electron chi connectivity index (χ3n) is 5.19. The van der Waals surface area contributed by atoms with Gasteiger partial charge in [-0.2, -0.15) is 0 Å². The quantitative estimate of drug-likeness (QED) is 0.680. The summed E-state index contributed by atoms with van der Waals surface area (Å²) in [6, 6.07) is 9.35. The third kappa shape index (κ3) is 4.71. The van der Waals surface area contributed by atoms with Crippen LogP contribution in [0.1, 0.15) is 28.2 Å². The lowest BCUT2D eigenvalue weighted by molar-refractivity contribution is -0.126. The summed E-state index contributed by atoms with van der Waals surface area (Å²) in [5.74, 6) is -0.623. The molecule has 30 heavy (non-hydrogen) atoms. The molecule has 0 spiro atoms. The minimum absolute atomic E-state index is 0.00968. The first kappa shape index (κ1) is 20.2. The van der Waals surface area contributed by atoms with Crippen LogP contribution < -0.4 is 5.32 Å². The van der Waals surface area contributed by atoms with E-state index in [0.717, 1.165) is 16.3 Å². The van der Waals surface area contributed by atoms with E-state index in [9.17, 15) is 14.0 Å². The molecule has 0 radical (unpaired) electrons. The standard InChI is InChI=1S/C22H21FN4O2S/c23-18-3-1-17(2-4-18)22(29)27-11-7-16(8-12-27)21(28)25-13-20-26-19(14-30-20)15-5-9-24-10-6-15/h1-6,9-10,14,16H,7-8,11-13H2,(H,25,28). The van der Waals surface area contributed by atoms with Crippen LogP contribution in [0, 0.1) is 11.7 Å². The molecule has 2 amide bonds. The van der Waals surface area contributed by atoms with Crippen LogP contribution in [-0.4, -0.2) is 39.8 Å². The minimum atomic E-state index is -0.366. The van der Waals surface area contributed by atoms with Crippen molar-refractivity contribution in [2.24, 2.45) is 5.92 Å². The fraction of sp³-hybridized carbons (Fsp3) is 0.273. The van der Waals surface area contributed by atoms with Crippen molar-refractivity contribution in [3.8, 4) is 11.3 Å². The van der Waals surface area contributed by atoms with Crippen LogP contribution in [0.15, 0.2) is 54.2 Å². The van der Waals surface area contributed by atoms with E-state index in [1.54, 1.807) is 17.3 Å². The van der Waals surface area contributed by atoms with Gasteiger partial charge in [0.1, 0.15) is 10.8 Å². The Hall–Kier alpha value is -3.13. The lowest BCUT2D eigenvalue weighted by atomic mass is 9.95. The van der Waals surface area contributed by atoms with Gasteiger partial charge < -0.3 is 10.2 Å². The molecule has 0 unspecified atom stereocenters. The number of nitrogens with zero attached hydrogens (tertiary/aromatic N) is 3. The van der Waals surface area contributed by atoms with E-state index in [2.05, 4.69) is 15.3 Å². The first-order valence-corrected chi connectivity index (χ1v) is 10.7. The molecule has 0 aliphatic carbocycles. The molecule has 1 fully saturated rings. The molecule has 1 aliphatic rings. The predicted molar refractivity (Wildman–Crippen MR) is 112 cm³/mol. The smallest absolute Gasteiger partial charge is 0.253 e. The monoisotopic (exact) mass is 424 g/mol. The molecule has 0 bridgehead atoms. The van der Waals surface area contributed by atoms with Crippen LogP contribution in [0.4, 0.5) is 4.39 Å². The first-order valence-electron chi connectivity index (χ1n) is 9.77. The van der Waals surface area contributed by atoms with Crippen molar-refractivity contribution >= 4 is 23.2 Å². The zero-order valence-corrected chi connectivity index (χ0v) is 17.1. The first-order chi connectivity index (χ1) is 14.6.